The Bertz CT molecular complexity index is 983. The average molecular weight is 410 g/mol. The van der Waals surface area contributed by atoms with E-state index < -0.39 is 17.5 Å². The van der Waals surface area contributed by atoms with Gasteiger partial charge in [-0.2, -0.15) is 0 Å². The second kappa shape index (κ2) is 7.89. The second-order valence-electron chi connectivity index (χ2n) is 8.03. The maximum Gasteiger partial charge on any atom is 0.325 e. The van der Waals surface area contributed by atoms with Crippen LogP contribution in [0.3, 0.4) is 0 Å². The Morgan fingerprint density at radius 3 is 2.63 bits per heavy atom. The summed E-state index contributed by atoms with van der Waals surface area (Å²) in [6, 6.07) is 6.81. The van der Waals surface area contributed by atoms with Crippen LogP contribution in [0.2, 0.25) is 0 Å². The molecule has 0 aliphatic carbocycles. The van der Waals surface area contributed by atoms with E-state index in [1.165, 1.54) is 6.42 Å². The number of nitrogens with zero attached hydrogens (tertiary/aromatic N) is 4. The zero-order valence-corrected chi connectivity index (χ0v) is 17.3. The molecule has 2 aromatic rings. The summed E-state index contributed by atoms with van der Waals surface area (Å²) in [5.74, 6) is 1.05. The molecule has 2 aliphatic heterocycles. The van der Waals surface area contributed by atoms with Gasteiger partial charge in [-0.3, -0.25) is 14.5 Å². The van der Waals surface area contributed by atoms with Crippen molar-refractivity contribution in [2.24, 2.45) is 0 Å². The summed E-state index contributed by atoms with van der Waals surface area (Å²) in [6.45, 7) is 4.07. The first-order valence-corrected chi connectivity index (χ1v) is 10.4. The van der Waals surface area contributed by atoms with E-state index in [0.717, 1.165) is 47.9 Å². The Labute approximate surface area is 174 Å². The lowest BCUT2D eigenvalue weighted by atomic mass is 9.99. The van der Waals surface area contributed by atoms with E-state index in [-0.39, 0.29) is 12.5 Å². The van der Waals surface area contributed by atoms with Gasteiger partial charge in [0.1, 0.15) is 17.9 Å². The summed E-state index contributed by atoms with van der Waals surface area (Å²) in [5.41, 5.74) is 0.570. The van der Waals surface area contributed by atoms with Crippen LogP contribution >= 0.6 is 0 Å². The third-order valence-electron chi connectivity index (χ3n) is 5.89. The number of aryl methyl sites for hydroxylation is 1. The van der Waals surface area contributed by atoms with E-state index in [0.29, 0.717) is 12.1 Å². The normalized spacial score (nSPS) is 21.2. The van der Waals surface area contributed by atoms with Crippen LogP contribution in [0.5, 0.6) is 0 Å². The van der Waals surface area contributed by atoms with E-state index in [9.17, 15) is 14.4 Å². The molecule has 1 saturated heterocycles. The molecule has 1 atom stereocenters. The smallest absolute Gasteiger partial charge is 0.325 e. The molecule has 0 spiro atoms. The van der Waals surface area contributed by atoms with Gasteiger partial charge < -0.3 is 15.2 Å². The maximum atomic E-state index is 12.4. The van der Waals surface area contributed by atoms with Crippen LogP contribution in [0.4, 0.5) is 10.5 Å². The van der Waals surface area contributed by atoms with Gasteiger partial charge in [0.25, 0.3) is 5.91 Å². The van der Waals surface area contributed by atoms with Crippen molar-refractivity contribution in [3.8, 4) is 11.4 Å². The molecule has 0 unspecified atom stereocenters. The Hall–Kier alpha value is -3.23. The minimum Gasteiger partial charge on any atom is -0.325 e. The minimum absolute atomic E-state index is 0.320. The Kier molecular flexibility index (Phi) is 5.27. The number of hydrogen-bond donors (Lipinski definition) is 2. The summed E-state index contributed by atoms with van der Waals surface area (Å²) in [6.07, 6.45) is 4.86. The summed E-state index contributed by atoms with van der Waals surface area (Å²) in [5, 5.41) is 14.1. The number of aromatic nitrogens is 3. The quantitative estimate of drug-likeness (QED) is 0.736. The lowest BCUT2D eigenvalue weighted by Gasteiger charge is -2.19. The molecule has 0 bridgehead atoms. The van der Waals surface area contributed by atoms with Gasteiger partial charge in [-0.1, -0.05) is 13.3 Å². The fourth-order valence-electron chi connectivity index (χ4n) is 3.88. The van der Waals surface area contributed by atoms with E-state index in [4.69, 9.17) is 0 Å². The standard InChI is InChI=1S/C21H26N6O3/c1-3-21(2)19(29)27(20(30)23-21)13-17(28)22-15-10-8-14(9-11-15)18-25-24-16-7-5-4-6-12-26(16)18/h8-11H,3-7,12-13H2,1-2H3,(H,22,28)(H,23,30)/t21-/m0/s1. The van der Waals surface area contributed by atoms with E-state index in [1.54, 1.807) is 19.1 Å². The fraction of sp³-hybridized carbons (Fsp3) is 0.476. The van der Waals surface area contributed by atoms with Crippen LogP contribution in [-0.2, 0) is 22.6 Å². The number of amides is 4. The Morgan fingerprint density at radius 1 is 1.17 bits per heavy atom. The van der Waals surface area contributed by atoms with Crippen LogP contribution in [0.1, 0.15) is 45.4 Å². The number of carbonyl (C=O) groups excluding carboxylic acids is 3. The van der Waals surface area contributed by atoms with Crippen molar-refractivity contribution in [2.45, 2.75) is 58.0 Å². The highest BCUT2D eigenvalue weighted by Gasteiger charge is 2.46. The lowest BCUT2D eigenvalue weighted by Crippen LogP contribution is -2.44. The molecule has 0 radical (unpaired) electrons. The summed E-state index contributed by atoms with van der Waals surface area (Å²) >= 11 is 0. The summed E-state index contributed by atoms with van der Waals surface area (Å²) < 4.78 is 2.17. The van der Waals surface area contributed by atoms with Crippen LogP contribution in [-0.4, -0.2) is 49.6 Å². The average Bonchev–Trinajstić information content (AvgIpc) is 3.11. The first-order valence-electron chi connectivity index (χ1n) is 10.4. The number of rotatable bonds is 5. The zero-order chi connectivity index (χ0) is 21.3. The highest BCUT2D eigenvalue weighted by Crippen LogP contribution is 2.24. The number of hydrogen-bond acceptors (Lipinski definition) is 5. The maximum absolute atomic E-state index is 12.4. The van der Waals surface area contributed by atoms with Crippen molar-refractivity contribution >= 4 is 23.5 Å². The Balaban J connectivity index is 1.42. The third-order valence-corrected chi connectivity index (χ3v) is 5.89. The van der Waals surface area contributed by atoms with Crippen molar-refractivity contribution in [2.75, 3.05) is 11.9 Å². The molecular weight excluding hydrogens is 384 g/mol. The monoisotopic (exact) mass is 410 g/mol. The third kappa shape index (κ3) is 3.67. The molecule has 30 heavy (non-hydrogen) atoms. The molecular formula is C21H26N6O3. The fourth-order valence-corrected chi connectivity index (χ4v) is 3.88. The molecule has 2 N–H and O–H groups in total. The van der Waals surface area contributed by atoms with Crippen molar-refractivity contribution in [3.63, 3.8) is 0 Å². The van der Waals surface area contributed by atoms with E-state index >= 15 is 0 Å². The number of nitrogens with one attached hydrogen (secondary N) is 2. The summed E-state index contributed by atoms with van der Waals surface area (Å²) in [7, 11) is 0. The number of anilines is 1. The molecule has 1 aromatic heterocycles. The number of carbonyl (C=O) groups is 3. The van der Waals surface area contributed by atoms with Gasteiger partial charge in [0, 0.05) is 24.2 Å². The highest BCUT2D eigenvalue weighted by atomic mass is 16.2. The molecule has 1 fully saturated rings. The highest BCUT2D eigenvalue weighted by molar-refractivity contribution is 6.09. The molecule has 0 saturated carbocycles. The first kappa shape index (κ1) is 20.1. The molecule has 9 nitrogen and oxygen atoms in total. The van der Waals surface area contributed by atoms with Crippen LogP contribution in [0.25, 0.3) is 11.4 Å². The van der Waals surface area contributed by atoms with E-state index in [1.807, 2.05) is 19.1 Å². The van der Waals surface area contributed by atoms with Gasteiger partial charge in [-0.05, 0) is 50.5 Å². The number of fused-ring (bicyclic) bond motifs is 1. The van der Waals surface area contributed by atoms with Crippen molar-refractivity contribution in [1.82, 2.24) is 25.0 Å². The lowest BCUT2D eigenvalue weighted by molar-refractivity contribution is -0.133. The van der Waals surface area contributed by atoms with Crippen LogP contribution in [0.15, 0.2) is 24.3 Å². The molecule has 4 rings (SSSR count). The molecule has 9 heteroatoms. The van der Waals surface area contributed by atoms with Crippen molar-refractivity contribution in [1.29, 1.82) is 0 Å². The van der Waals surface area contributed by atoms with Crippen molar-refractivity contribution in [3.05, 3.63) is 30.1 Å². The number of benzene rings is 1. The minimum atomic E-state index is -0.949. The van der Waals surface area contributed by atoms with Crippen LogP contribution < -0.4 is 10.6 Å². The van der Waals surface area contributed by atoms with Crippen molar-refractivity contribution < 1.29 is 14.4 Å². The second-order valence-corrected chi connectivity index (χ2v) is 8.03. The molecule has 3 heterocycles. The van der Waals surface area contributed by atoms with E-state index in [2.05, 4.69) is 25.4 Å². The van der Waals surface area contributed by atoms with Gasteiger partial charge in [-0.15, -0.1) is 10.2 Å². The topological polar surface area (TPSA) is 109 Å². The van der Waals surface area contributed by atoms with Gasteiger partial charge in [0.05, 0.1) is 0 Å². The van der Waals surface area contributed by atoms with Crippen LogP contribution in [0, 0.1) is 0 Å². The predicted molar refractivity (Wildman–Crippen MR) is 111 cm³/mol. The predicted octanol–water partition coefficient (Wildman–Crippen LogP) is 2.33. The largest absolute Gasteiger partial charge is 0.325 e. The van der Waals surface area contributed by atoms with Gasteiger partial charge in [-0.25, -0.2) is 4.79 Å². The molecule has 4 amide bonds. The zero-order valence-electron chi connectivity index (χ0n) is 17.3. The Morgan fingerprint density at radius 2 is 1.93 bits per heavy atom. The van der Waals surface area contributed by atoms with Gasteiger partial charge >= 0.3 is 6.03 Å². The van der Waals surface area contributed by atoms with Gasteiger partial charge in [0.15, 0.2) is 5.82 Å². The van der Waals surface area contributed by atoms with Gasteiger partial charge in [0.2, 0.25) is 5.91 Å². The summed E-state index contributed by atoms with van der Waals surface area (Å²) in [4.78, 5) is 37.8. The molecule has 1 aromatic carbocycles. The first-order chi connectivity index (χ1) is 14.4. The number of imide groups is 1. The SMILES string of the molecule is CC[C@]1(C)NC(=O)N(CC(=O)Nc2ccc(-c3nnc4n3CCCCC4)cc2)C1=O. The molecule has 158 valence electrons. The number of urea groups is 1. The molecule has 2 aliphatic rings.